The lowest BCUT2D eigenvalue weighted by molar-refractivity contribution is 0.845. The van der Waals surface area contributed by atoms with E-state index in [1.165, 1.54) is 0 Å². The molecule has 0 atom stereocenters. The molecule has 0 amide bonds. The van der Waals surface area contributed by atoms with Crippen LogP contribution in [0.25, 0.3) is 0 Å². The summed E-state index contributed by atoms with van der Waals surface area (Å²) in [6.45, 7) is 0.860. The Bertz CT molecular complexity index is 475. The number of aromatic nitrogens is 3. The van der Waals surface area contributed by atoms with Gasteiger partial charge in [-0.3, -0.25) is 4.98 Å². The zero-order valence-electron chi connectivity index (χ0n) is 9.55. The highest BCUT2D eigenvalue weighted by Crippen LogP contribution is 2.14. The lowest BCUT2D eigenvalue weighted by Gasteiger charge is -2.18. The molecule has 2 heterocycles. The van der Waals surface area contributed by atoms with Crippen molar-refractivity contribution in [3.63, 3.8) is 0 Å². The highest BCUT2D eigenvalue weighted by atomic mass is 35.5. The third-order valence-electron chi connectivity index (χ3n) is 2.48. The Labute approximate surface area is 105 Å². The van der Waals surface area contributed by atoms with Gasteiger partial charge in [-0.25, -0.2) is 0 Å². The molecule has 0 N–H and O–H groups in total. The van der Waals surface area contributed by atoms with Gasteiger partial charge in [0, 0.05) is 38.0 Å². The van der Waals surface area contributed by atoms with Gasteiger partial charge >= 0.3 is 0 Å². The number of anilines is 1. The van der Waals surface area contributed by atoms with Gasteiger partial charge in [0.15, 0.2) is 5.15 Å². The van der Waals surface area contributed by atoms with Crippen LogP contribution in [0, 0.1) is 0 Å². The van der Waals surface area contributed by atoms with E-state index in [9.17, 15) is 0 Å². The maximum absolute atomic E-state index is 5.79. The van der Waals surface area contributed by atoms with Gasteiger partial charge in [-0.1, -0.05) is 17.7 Å². The van der Waals surface area contributed by atoms with Crippen LogP contribution in [0.2, 0.25) is 5.15 Å². The molecule has 0 unspecified atom stereocenters. The third kappa shape index (κ3) is 3.39. The summed E-state index contributed by atoms with van der Waals surface area (Å²) >= 11 is 5.79. The topological polar surface area (TPSA) is 41.9 Å². The van der Waals surface area contributed by atoms with E-state index in [2.05, 4.69) is 20.1 Å². The first-order valence-corrected chi connectivity index (χ1v) is 5.73. The molecule has 17 heavy (non-hydrogen) atoms. The zero-order chi connectivity index (χ0) is 12.1. The largest absolute Gasteiger partial charge is 0.373 e. The van der Waals surface area contributed by atoms with E-state index >= 15 is 0 Å². The average Bonchev–Trinajstić information content (AvgIpc) is 2.37. The molecule has 0 saturated heterocycles. The molecule has 0 spiro atoms. The van der Waals surface area contributed by atoms with Crippen molar-refractivity contribution in [3.8, 4) is 0 Å². The van der Waals surface area contributed by atoms with Gasteiger partial charge in [0.1, 0.15) is 0 Å². The van der Waals surface area contributed by atoms with Crippen LogP contribution < -0.4 is 4.90 Å². The minimum atomic E-state index is 0.409. The number of nitrogens with zero attached hydrogens (tertiary/aromatic N) is 4. The van der Waals surface area contributed by atoms with Gasteiger partial charge in [-0.15, -0.1) is 5.10 Å². The minimum Gasteiger partial charge on any atom is -0.373 e. The van der Waals surface area contributed by atoms with Crippen molar-refractivity contribution >= 4 is 17.3 Å². The van der Waals surface area contributed by atoms with Gasteiger partial charge in [0.2, 0.25) is 0 Å². The van der Waals surface area contributed by atoms with Crippen LogP contribution in [0.15, 0.2) is 36.7 Å². The summed E-state index contributed by atoms with van der Waals surface area (Å²) in [5.41, 5.74) is 2.04. The van der Waals surface area contributed by atoms with Gasteiger partial charge in [0.05, 0.1) is 11.9 Å². The fourth-order valence-corrected chi connectivity index (χ4v) is 1.65. The fourth-order valence-electron chi connectivity index (χ4n) is 1.50. The molecular weight excluding hydrogens is 236 g/mol. The minimum absolute atomic E-state index is 0.409. The average molecular weight is 249 g/mol. The number of halogens is 1. The number of hydrogen-bond donors (Lipinski definition) is 0. The van der Waals surface area contributed by atoms with Crippen LogP contribution in [-0.2, 0) is 6.42 Å². The lowest BCUT2D eigenvalue weighted by Crippen LogP contribution is -2.20. The van der Waals surface area contributed by atoms with Crippen molar-refractivity contribution in [1.29, 1.82) is 0 Å². The van der Waals surface area contributed by atoms with Crippen LogP contribution in [0.5, 0.6) is 0 Å². The van der Waals surface area contributed by atoms with Crippen molar-refractivity contribution in [2.75, 3.05) is 18.5 Å². The van der Waals surface area contributed by atoms with E-state index in [1.54, 1.807) is 18.5 Å². The van der Waals surface area contributed by atoms with E-state index in [0.29, 0.717) is 5.15 Å². The highest BCUT2D eigenvalue weighted by molar-refractivity contribution is 6.29. The summed E-state index contributed by atoms with van der Waals surface area (Å²) in [5, 5.41) is 7.95. The third-order valence-corrected chi connectivity index (χ3v) is 2.67. The van der Waals surface area contributed by atoms with Crippen molar-refractivity contribution in [2.45, 2.75) is 6.42 Å². The summed E-state index contributed by atoms with van der Waals surface area (Å²) in [4.78, 5) is 6.36. The number of likely N-dealkylation sites (N-methyl/N-ethyl adjacent to an activating group) is 1. The number of rotatable bonds is 4. The maximum atomic E-state index is 5.79. The predicted molar refractivity (Wildman–Crippen MR) is 68.3 cm³/mol. The van der Waals surface area contributed by atoms with Gasteiger partial charge in [-0.2, -0.15) is 5.10 Å². The number of pyridine rings is 1. The normalized spacial score (nSPS) is 10.2. The van der Waals surface area contributed by atoms with Crippen molar-refractivity contribution < 1.29 is 0 Å². The molecule has 0 fully saturated rings. The monoisotopic (exact) mass is 248 g/mol. The Morgan fingerprint density at radius 2 is 2.24 bits per heavy atom. The van der Waals surface area contributed by atoms with Crippen LogP contribution in [-0.4, -0.2) is 28.8 Å². The van der Waals surface area contributed by atoms with E-state index in [0.717, 1.165) is 24.3 Å². The summed E-state index contributed by atoms with van der Waals surface area (Å²) in [6.07, 6.45) is 4.39. The molecule has 0 aromatic carbocycles. The Morgan fingerprint density at radius 3 is 2.94 bits per heavy atom. The Kier molecular flexibility index (Phi) is 3.88. The second kappa shape index (κ2) is 5.59. The SMILES string of the molecule is CN(CCc1ccccn1)c1cnnc(Cl)c1. The van der Waals surface area contributed by atoms with Gasteiger partial charge in [0.25, 0.3) is 0 Å². The Morgan fingerprint density at radius 1 is 1.35 bits per heavy atom. The molecule has 0 aliphatic carbocycles. The summed E-state index contributed by atoms with van der Waals surface area (Å²) in [7, 11) is 2.00. The molecular formula is C12H13ClN4. The van der Waals surface area contributed by atoms with E-state index < -0.39 is 0 Å². The van der Waals surface area contributed by atoms with Gasteiger partial charge in [-0.05, 0) is 12.1 Å². The van der Waals surface area contributed by atoms with Crippen LogP contribution in [0.1, 0.15) is 5.69 Å². The first-order valence-electron chi connectivity index (χ1n) is 5.35. The number of hydrogen-bond acceptors (Lipinski definition) is 4. The van der Waals surface area contributed by atoms with Crippen LogP contribution in [0.4, 0.5) is 5.69 Å². The van der Waals surface area contributed by atoms with Crippen molar-refractivity contribution in [1.82, 2.24) is 15.2 Å². The predicted octanol–water partition coefficient (Wildman–Crippen LogP) is 2.20. The molecule has 0 radical (unpaired) electrons. The summed E-state index contributed by atoms with van der Waals surface area (Å²) in [5.74, 6) is 0. The molecule has 2 aromatic rings. The molecule has 0 aliphatic rings. The smallest absolute Gasteiger partial charge is 0.153 e. The van der Waals surface area contributed by atoms with Crippen molar-refractivity contribution in [2.24, 2.45) is 0 Å². The lowest BCUT2D eigenvalue weighted by atomic mass is 10.2. The molecule has 5 heteroatoms. The zero-order valence-corrected chi connectivity index (χ0v) is 10.3. The molecule has 2 aromatic heterocycles. The molecule has 0 bridgehead atoms. The summed E-state index contributed by atoms with van der Waals surface area (Å²) in [6, 6.07) is 7.73. The van der Waals surface area contributed by atoms with E-state index in [1.807, 2.05) is 25.2 Å². The highest BCUT2D eigenvalue weighted by Gasteiger charge is 2.03. The van der Waals surface area contributed by atoms with Crippen LogP contribution >= 0.6 is 11.6 Å². The van der Waals surface area contributed by atoms with Gasteiger partial charge < -0.3 is 4.90 Å². The standard InChI is InChI=1S/C12H13ClN4/c1-17(11-8-12(13)16-15-9-11)7-5-10-4-2-3-6-14-10/h2-4,6,8-9H,5,7H2,1H3. The molecule has 4 nitrogen and oxygen atoms in total. The van der Waals surface area contributed by atoms with Crippen molar-refractivity contribution in [3.05, 3.63) is 47.5 Å². The van der Waals surface area contributed by atoms with E-state index in [-0.39, 0.29) is 0 Å². The maximum Gasteiger partial charge on any atom is 0.153 e. The quantitative estimate of drug-likeness (QED) is 0.832. The molecule has 0 saturated carbocycles. The van der Waals surface area contributed by atoms with Crippen LogP contribution in [0.3, 0.4) is 0 Å². The first-order chi connectivity index (χ1) is 8.25. The first kappa shape index (κ1) is 11.8. The molecule has 2 rings (SSSR count). The fraction of sp³-hybridized carbons (Fsp3) is 0.250. The Balaban J connectivity index is 1.96. The Hall–Kier alpha value is -1.68. The summed E-state index contributed by atoms with van der Waals surface area (Å²) < 4.78 is 0. The molecule has 0 aliphatic heterocycles. The van der Waals surface area contributed by atoms with E-state index in [4.69, 9.17) is 11.6 Å². The second-order valence-electron chi connectivity index (χ2n) is 3.73. The molecule has 88 valence electrons. The second-order valence-corrected chi connectivity index (χ2v) is 4.12.